The summed E-state index contributed by atoms with van der Waals surface area (Å²) < 4.78 is 0. The second-order valence-electron chi connectivity index (χ2n) is 3.21. The maximum atomic E-state index is 11.5. The summed E-state index contributed by atoms with van der Waals surface area (Å²) in [6.07, 6.45) is 2.07. The molecule has 0 radical (unpaired) electrons. The van der Waals surface area contributed by atoms with Crippen molar-refractivity contribution in [2.24, 2.45) is 0 Å². The Labute approximate surface area is 74.1 Å². The fraction of sp³-hybridized carbons (Fsp3) is 0.889. The lowest BCUT2D eigenvalue weighted by molar-refractivity contribution is -0.129. The highest BCUT2D eigenvalue weighted by Gasteiger charge is 2.29. The van der Waals surface area contributed by atoms with Crippen molar-refractivity contribution in [3.8, 4) is 0 Å². The van der Waals surface area contributed by atoms with Crippen LogP contribution in [0.25, 0.3) is 0 Å². The molecule has 0 aromatic carbocycles. The Hall–Kier alpha value is -0.570. The van der Waals surface area contributed by atoms with Crippen LogP contribution in [0.4, 0.5) is 0 Å². The minimum Gasteiger partial charge on any atom is -0.342 e. The molecule has 0 bridgehead atoms. The Bertz CT molecular complexity index is 159. The molecule has 12 heavy (non-hydrogen) atoms. The van der Waals surface area contributed by atoms with Gasteiger partial charge in [0.1, 0.15) is 0 Å². The monoisotopic (exact) mass is 170 g/mol. The van der Waals surface area contributed by atoms with Gasteiger partial charge in [0.15, 0.2) is 0 Å². The summed E-state index contributed by atoms with van der Waals surface area (Å²) in [5.41, 5.74) is 0. The second-order valence-corrected chi connectivity index (χ2v) is 3.21. The molecule has 1 N–H and O–H groups in total. The Morgan fingerprint density at radius 2 is 2.33 bits per heavy atom. The number of hydrogen-bond donors (Lipinski definition) is 1. The van der Waals surface area contributed by atoms with Crippen molar-refractivity contribution in [1.29, 1.82) is 0 Å². The molecular formula is C9H18N2O. The van der Waals surface area contributed by atoms with Crippen LogP contribution in [0, 0.1) is 0 Å². The predicted octanol–water partition coefficient (Wildman–Crippen LogP) is 0.607. The lowest BCUT2D eigenvalue weighted by Crippen LogP contribution is -2.38. The van der Waals surface area contributed by atoms with Crippen molar-refractivity contribution in [1.82, 2.24) is 10.2 Å². The van der Waals surface area contributed by atoms with Gasteiger partial charge in [0.25, 0.3) is 0 Å². The third-order valence-electron chi connectivity index (χ3n) is 2.32. The Morgan fingerprint density at radius 3 is 2.83 bits per heavy atom. The maximum Gasteiger partial charge on any atom is 0.239 e. The summed E-state index contributed by atoms with van der Waals surface area (Å²) in [6.45, 7) is 6.87. The Balaban J connectivity index is 2.33. The van der Waals surface area contributed by atoms with Gasteiger partial charge in [0.2, 0.25) is 5.91 Å². The molecule has 0 spiro atoms. The first-order valence-electron chi connectivity index (χ1n) is 4.81. The molecule has 0 aliphatic carbocycles. The molecule has 1 aliphatic rings. The standard InChI is InChI=1S/C9H18N2O/c1-3-6-10-8-5-7-11(4-2)9(8)12/h8,10H,3-7H2,1-2H3. The SMILES string of the molecule is CCCNC1CCN(CC)C1=O. The third kappa shape index (κ3) is 1.97. The van der Waals surface area contributed by atoms with Gasteiger partial charge in [-0.05, 0) is 26.3 Å². The van der Waals surface area contributed by atoms with E-state index in [-0.39, 0.29) is 11.9 Å². The molecule has 1 rings (SSSR count). The van der Waals surface area contributed by atoms with Crippen LogP contribution in [-0.2, 0) is 4.79 Å². The predicted molar refractivity (Wildman–Crippen MR) is 49.0 cm³/mol. The highest BCUT2D eigenvalue weighted by molar-refractivity contribution is 5.83. The maximum absolute atomic E-state index is 11.5. The molecule has 1 aliphatic heterocycles. The normalized spacial score (nSPS) is 23.7. The van der Waals surface area contributed by atoms with E-state index in [0.29, 0.717) is 0 Å². The Kier molecular flexibility index (Phi) is 3.53. The topological polar surface area (TPSA) is 32.3 Å². The smallest absolute Gasteiger partial charge is 0.239 e. The van der Waals surface area contributed by atoms with E-state index in [1.807, 2.05) is 11.8 Å². The van der Waals surface area contributed by atoms with Crippen molar-refractivity contribution in [3.63, 3.8) is 0 Å². The van der Waals surface area contributed by atoms with Gasteiger partial charge in [-0.3, -0.25) is 4.79 Å². The number of hydrogen-bond acceptors (Lipinski definition) is 2. The van der Waals surface area contributed by atoms with Gasteiger partial charge in [0.05, 0.1) is 6.04 Å². The summed E-state index contributed by atoms with van der Waals surface area (Å²) in [6, 6.07) is 0.102. The first-order chi connectivity index (χ1) is 5.79. The second kappa shape index (κ2) is 4.45. The van der Waals surface area contributed by atoms with Gasteiger partial charge >= 0.3 is 0 Å². The van der Waals surface area contributed by atoms with Gasteiger partial charge in [0, 0.05) is 13.1 Å². The van der Waals surface area contributed by atoms with Gasteiger partial charge in [-0.25, -0.2) is 0 Å². The molecule has 1 saturated heterocycles. The van der Waals surface area contributed by atoms with E-state index in [9.17, 15) is 4.79 Å². The Morgan fingerprint density at radius 1 is 1.58 bits per heavy atom. The quantitative estimate of drug-likeness (QED) is 0.670. The molecular weight excluding hydrogens is 152 g/mol. The van der Waals surface area contributed by atoms with Crippen molar-refractivity contribution in [3.05, 3.63) is 0 Å². The molecule has 1 atom stereocenters. The van der Waals surface area contributed by atoms with Crippen LogP contribution in [0.1, 0.15) is 26.7 Å². The van der Waals surface area contributed by atoms with E-state index in [2.05, 4.69) is 12.2 Å². The molecule has 0 saturated carbocycles. The van der Waals surface area contributed by atoms with Crippen molar-refractivity contribution < 1.29 is 4.79 Å². The average molecular weight is 170 g/mol. The minimum atomic E-state index is 0.102. The number of carbonyl (C=O) groups is 1. The molecule has 0 aromatic rings. The van der Waals surface area contributed by atoms with Gasteiger partial charge in [-0.2, -0.15) is 0 Å². The van der Waals surface area contributed by atoms with Crippen LogP contribution in [-0.4, -0.2) is 36.5 Å². The van der Waals surface area contributed by atoms with Crippen molar-refractivity contribution in [2.45, 2.75) is 32.7 Å². The summed E-state index contributed by atoms with van der Waals surface area (Å²) in [5, 5.41) is 3.25. The zero-order valence-corrected chi connectivity index (χ0v) is 7.97. The largest absolute Gasteiger partial charge is 0.342 e. The fourth-order valence-electron chi connectivity index (χ4n) is 1.56. The lowest BCUT2D eigenvalue weighted by atomic mass is 10.2. The lowest BCUT2D eigenvalue weighted by Gasteiger charge is -2.14. The number of rotatable bonds is 4. The van der Waals surface area contributed by atoms with Crippen LogP contribution in [0.2, 0.25) is 0 Å². The van der Waals surface area contributed by atoms with Gasteiger partial charge in [-0.1, -0.05) is 6.92 Å². The molecule has 1 amide bonds. The van der Waals surface area contributed by atoms with Gasteiger partial charge in [-0.15, -0.1) is 0 Å². The molecule has 3 nitrogen and oxygen atoms in total. The summed E-state index contributed by atoms with van der Waals surface area (Å²) in [4.78, 5) is 13.4. The first-order valence-corrected chi connectivity index (χ1v) is 4.81. The number of likely N-dealkylation sites (tertiary alicyclic amines) is 1. The summed E-state index contributed by atoms with van der Waals surface area (Å²) in [5.74, 6) is 0.283. The van der Waals surface area contributed by atoms with E-state index in [1.165, 1.54) is 0 Å². The summed E-state index contributed by atoms with van der Waals surface area (Å²) >= 11 is 0. The van der Waals surface area contributed by atoms with Crippen LogP contribution in [0.3, 0.4) is 0 Å². The van der Waals surface area contributed by atoms with Crippen LogP contribution < -0.4 is 5.32 Å². The molecule has 1 heterocycles. The number of amides is 1. The highest BCUT2D eigenvalue weighted by Crippen LogP contribution is 2.09. The van der Waals surface area contributed by atoms with E-state index in [1.54, 1.807) is 0 Å². The zero-order chi connectivity index (χ0) is 8.97. The number of nitrogens with zero attached hydrogens (tertiary/aromatic N) is 1. The molecule has 70 valence electrons. The molecule has 0 aromatic heterocycles. The number of likely N-dealkylation sites (N-methyl/N-ethyl adjacent to an activating group) is 1. The van der Waals surface area contributed by atoms with E-state index in [4.69, 9.17) is 0 Å². The molecule has 1 unspecified atom stereocenters. The highest BCUT2D eigenvalue weighted by atomic mass is 16.2. The number of nitrogens with one attached hydrogen (secondary N) is 1. The first kappa shape index (κ1) is 9.52. The molecule has 1 fully saturated rings. The van der Waals surface area contributed by atoms with Gasteiger partial charge < -0.3 is 10.2 Å². The minimum absolute atomic E-state index is 0.102. The fourth-order valence-corrected chi connectivity index (χ4v) is 1.56. The van der Waals surface area contributed by atoms with E-state index < -0.39 is 0 Å². The third-order valence-corrected chi connectivity index (χ3v) is 2.32. The van der Waals surface area contributed by atoms with Crippen molar-refractivity contribution >= 4 is 5.91 Å². The molecule has 3 heteroatoms. The van der Waals surface area contributed by atoms with E-state index >= 15 is 0 Å². The van der Waals surface area contributed by atoms with Crippen LogP contribution in [0.15, 0.2) is 0 Å². The average Bonchev–Trinajstić information content (AvgIpc) is 2.43. The van der Waals surface area contributed by atoms with Crippen LogP contribution >= 0.6 is 0 Å². The number of carbonyl (C=O) groups excluding carboxylic acids is 1. The zero-order valence-electron chi connectivity index (χ0n) is 7.97. The van der Waals surface area contributed by atoms with E-state index in [0.717, 1.165) is 32.5 Å². The van der Waals surface area contributed by atoms with Crippen LogP contribution in [0.5, 0.6) is 0 Å². The van der Waals surface area contributed by atoms with Crippen molar-refractivity contribution in [2.75, 3.05) is 19.6 Å². The summed E-state index contributed by atoms with van der Waals surface area (Å²) in [7, 11) is 0.